The normalized spacial score (nSPS) is 18.8. The number of alkyl halides is 3. The van der Waals surface area contributed by atoms with Crippen LogP contribution < -0.4 is 10.1 Å². The molecule has 3 aromatic rings. The van der Waals surface area contributed by atoms with Crippen molar-refractivity contribution in [1.29, 1.82) is 0 Å². The Morgan fingerprint density at radius 1 is 1.30 bits per heavy atom. The zero-order valence-electron chi connectivity index (χ0n) is 15.5. The Balaban J connectivity index is 1.38. The molecule has 1 saturated carbocycles. The van der Waals surface area contributed by atoms with E-state index in [1.807, 2.05) is 0 Å². The summed E-state index contributed by atoms with van der Waals surface area (Å²) < 4.78 is 46.0. The number of aliphatic hydroxyl groups is 1. The van der Waals surface area contributed by atoms with E-state index in [1.165, 1.54) is 18.3 Å². The Labute approximate surface area is 174 Å². The second kappa shape index (κ2) is 7.81. The van der Waals surface area contributed by atoms with Crippen molar-refractivity contribution in [2.75, 3.05) is 0 Å². The highest BCUT2D eigenvalue weighted by Gasteiger charge is 2.36. The molecule has 0 unspecified atom stereocenters. The predicted molar refractivity (Wildman–Crippen MR) is 102 cm³/mol. The van der Waals surface area contributed by atoms with Crippen LogP contribution in [-0.2, 0) is 12.8 Å². The first-order valence-electron chi connectivity index (χ1n) is 9.17. The van der Waals surface area contributed by atoms with Gasteiger partial charge in [-0.3, -0.25) is 9.20 Å². The third kappa shape index (κ3) is 3.82. The number of hydrogen-bond acceptors (Lipinski definition) is 4. The molecule has 2 heterocycles. The summed E-state index contributed by atoms with van der Waals surface area (Å²) in [5.74, 6) is -0.363. The highest BCUT2D eigenvalue weighted by molar-refractivity contribution is 6.32. The quantitative estimate of drug-likeness (QED) is 0.633. The Kier molecular flexibility index (Phi) is 5.33. The van der Waals surface area contributed by atoms with Gasteiger partial charge in [-0.15, -0.1) is 0 Å². The summed E-state index contributed by atoms with van der Waals surface area (Å²) in [5.41, 5.74) is 0.483. The molecule has 1 aliphatic carbocycles. The molecule has 0 bridgehead atoms. The fourth-order valence-corrected chi connectivity index (χ4v) is 3.68. The lowest BCUT2D eigenvalue weighted by Gasteiger charge is -2.36. The number of benzene rings is 1. The van der Waals surface area contributed by atoms with Crippen molar-refractivity contribution in [3.05, 3.63) is 64.6 Å². The molecule has 0 radical (unpaired) electrons. The Morgan fingerprint density at radius 2 is 2.07 bits per heavy atom. The summed E-state index contributed by atoms with van der Waals surface area (Å²) >= 11 is 5.84. The van der Waals surface area contributed by atoms with Crippen LogP contribution in [0.5, 0.6) is 5.75 Å². The smallest absolute Gasteiger partial charge is 0.417 e. The van der Waals surface area contributed by atoms with E-state index >= 15 is 0 Å². The number of pyridine rings is 1. The van der Waals surface area contributed by atoms with E-state index in [-0.39, 0.29) is 30.4 Å². The molecule has 0 saturated heterocycles. The molecule has 0 atom stereocenters. The van der Waals surface area contributed by atoms with Gasteiger partial charge in [0.1, 0.15) is 23.2 Å². The van der Waals surface area contributed by atoms with Gasteiger partial charge in [-0.1, -0.05) is 23.7 Å². The van der Waals surface area contributed by atoms with E-state index in [1.54, 1.807) is 22.7 Å². The van der Waals surface area contributed by atoms with Gasteiger partial charge in [-0.05, 0) is 18.2 Å². The third-order valence-corrected chi connectivity index (χ3v) is 5.40. The van der Waals surface area contributed by atoms with Gasteiger partial charge in [0.25, 0.3) is 5.91 Å². The largest absolute Gasteiger partial charge is 0.489 e. The molecule has 0 spiro atoms. The molecule has 0 aliphatic heterocycles. The Hall–Kier alpha value is -2.78. The van der Waals surface area contributed by atoms with Crippen LogP contribution in [0.15, 0.2) is 42.7 Å². The molecule has 1 amide bonds. The second-order valence-corrected chi connectivity index (χ2v) is 7.40. The monoisotopic (exact) mass is 439 g/mol. The minimum absolute atomic E-state index is 0.0282. The number of halogens is 4. The van der Waals surface area contributed by atoms with Crippen LogP contribution in [0.4, 0.5) is 13.2 Å². The van der Waals surface area contributed by atoms with Gasteiger partial charge in [0.05, 0.1) is 23.4 Å². The minimum atomic E-state index is -4.56. The molecule has 10 heteroatoms. The molecule has 1 fully saturated rings. The maximum absolute atomic E-state index is 13.0. The number of ether oxygens (including phenoxy) is 1. The molecule has 30 heavy (non-hydrogen) atoms. The molecule has 6 nitrogen and oxygen atoms in total. The highest BCUT2D eigenvalue weighted by atomic mass is 35.5. The number of hydrogen-bond donors (Lipinski definition) is 2. The summed E-state index contributed by atoms with van der Waals surface area (Å²) in [6.45, 7) is -0.192. The standard InChI is InChI=1S/C20H17ClF3N3O3/c21-17-14(20(22,23)24)4-1-5-16(17)30-13-7-12(8-13)26-19(29)15-9-25-18-11(10-28)3-2-6-27(15)18/h1-6,9,12-13,28H,7-8,10H2,(H,26,29). The van der Waals surface area contributed by atoms with Crippen LogP contribution in [0.1, 0.15) is 34.5 Å². The zero-order chi connectivity index (χ0) is 21.5. The van der Waals surface area contributed by atoms with E-state index in [4.69, 9.17) is 16.3 Å². The lowest BCUT2D eigenvalue weighted by molar-refractivity contribution is -0.137. The van der Waals surface area contributed by atoms with Gasteiger partial charge in [0, 0.05) is 30.6 Å². The first-order valence-corrected chi connectivity index (χ1v) is 9.54. The topological polar surface area (TPSA) is 75.9 Å². The number of carbonyl (C=O) groups is 1. The van der Waals surface area contributed by atoms with Crippen LogP contribution in [0.2, 0.25) is 5.02 Å². The van der Waals surface area contributed by atoms with Crippen LogP contribution in [0.3, 0.4) is 0 Å². The lowest BCUT2D eigenvalue weighted by atomic mass is 9.89. The molecule has 158 valence electrons. The summed E-state index contributed by atoms with van der Waals surface area (Å²) in [5, 5.41) is 11.8. The summed E-state index contributed by atoms with van der Waals surface area (Å²) in [6.07, 6.45) is -0.915. The molecule has 1 aliphatic rings. The fraction of sp³-hybridized carbons (Fsp3) is 0.300. The number of carbonyl (C=O) groups excluding carboxylic acids is 1. The first kappa shape index (κ1) is 20.5. The fourth-order valence-electron chi connectivity index (χ4n) is 3.40. The van der Waals surface area contributed by atoms with E-state index in [9.17, 15) is 23.1 Å². The van der Waals surface area contributed by atoms with Crippen LogP contribution in [0, 0.1) is 0 Å². The molecule has 2 N–H and O–H groups in total. The van der Waals surface area contributed by atoms with E-state index in [0.29, 0.717) is 29.7 Å². The highest BCUT2D eigenvalue weighted by Crippen LogP contribution is 2.40. The van der Waals surface area contributed by atoms with E-state index in [0.717, 1.165) is 6.07 Å². The van der Waals surface area contributed by atoms with Gasteiger partial charge < -0.3 is 15.2 Å². The van der Waals surface area contributed by atoms with Gasteiger partial charge in [-0.25, -0.2) is 4.98 Å². The van der Waals surface area contributed by atoms with E-state index < -0.39 is 16.8 Å². The average molecular weight is 440 g/mol. The van der Waals surface area contributed by atoms with Crippen LogP contribution in [-0.4, -0.2) is 32.5 Å². The van der Waals surface area contributed by atoms with Gasteiger partial charge in [0.2, 0.25) is 0 Å². The number of aliphatic hydroxyl groups excluding tert-OH is 1. The number of nitrogens with one attached hydrogen (secondary N) is 1. The van der Waals surface area contributed by atoms with Crippen LogP contribution >= 0.6 is 11.6 Å². The van der Waals surface area contributed by atoms with Crippen molar-refractivity contribution in [1.82, 2.24) is 14.7 Å². The maximum atomic E-state index is 13.0. The zero-order valence-corrected chi connectivity index (χ0v) is 16.2. The lowest BCUT2D eigenvalue weighted by Crippen LogP contribution is -2.49. The average Bonchev–Trinajstić information content (AvgIpc) is 3.11. The van der Waals surface area contributed by atoms with Crippen molar-refractivity contribution in [2.24, 2.45) is 0 Å². The molecule has 2 aromatic heterocycles. The van der Waals surface area contributed by atoms with Gasteiger partial charge >= 0.3 is 6.18 Å². The summed E-state index contributed by atoms with van der Waals surface area (Å²) in [6, 6.07) is 6.78. The maximum Gasteiger partial charge on any atom is 0.417 e. The molecular formula is C20H17ClF3N3O3. The number of rotatable bonds is 5. The Morgan fingerprint density at radius 3 is 2.77 bits per heavy atom. The van der Waals surface area contributed by atoms with Crippen molar-refractivity contribution < 1.29 is 27.8 Å². The van der Waals surface area contributed by atoms with Gasteiger partial charge in [0.15, 0.2) is 0 Å². The number of amides is 1. The molecule has 4 rings (SSSR count). The van der Waals surface area contributed by atoms with Crippen molar-refractivity contribution in [2.45, 2.75) is 37.8 Å². The van der Waals surface area contributed by atoms with Crippen molar-refractivity contribution >= 4 is 23.2 Å². The SMILES string of the molecule is O=C(NC1CC(Oc2cccc(C(F)(F)F)c2Cl)C1)c1cnc2c(CO)cccn12. The number of imidazole rings is 1. The molecular weight excluding hydrogens is 423 g/mol. The molecule has 1 aromatic carbocycles. The van der Waals surface area contributed by atoms with Crippen molar-refractivity contribution in [3.8, 4) is 5.75 Å². The number of fused-ring (bicyclic) bond motifs is 1. The van der Waals surface area contributed by atoms with Crippen molar-refractivity contribution in [3.63, 3.8) is 0 Å². The van der Waals surface area contributed by atoms with E-state index in [2.05, 4.69) is 10.3 Å². The number of aromatic nitrogens is 2. The minimum Gasteiger partial charge on any atom is -0.489 e. The summed E-state index contributed by atoms with van der Waals surface area (Å²) in [4.78, 5) is 16.8. The summed E-state index contributed by atoms with van der Waals surface area (Å²) in [7, 11) is 0. The predicted octanol–water partition coefficient (Wildman–Crippen LogP) is 3.84. The third-order valence-electron chi connectivity index (χ3n) is 5.01. The first-order chi connectivity index (χ1) is 14.3. The van der Waals surface area contributed by atoms with Gasteiger partial charge in [-0.2, -0.15) is 13.2 Å². The second-order valence-electron chi connectivity index (χ2n) is 7.03. The van der Waals surface area contributed by atoms with Crippen LogP contribution in [0.25, 0.3) is 5.65 Å². The Bertz CT molecular complexity index is 1090. The number of nitrogens with zero attached hydrogens (tertiary/aromatic N) is 2.